The van der Waals surface area contributed by atoms with Gasteiger partial charge in [-0.1, -0.05) is 19.8 Å². The van der Waals surface area contributed by atoms with Crippen LogP contribution in [0.1, 0.15) is 77.8 Å². The van der Waals surface area contributed by atoms with Crippen molar-refractivity contribution in [2.75, 3.05) is 6.61 Å². The molecule has 8 heteroatoms. The van der Waals surface area contributed by atoms with Crippen LogP contribution in [-0.2, 0) is 20.9 Å². The van der Waals surface area contributed by atoms with E-state index in [-0.39, 0.29) is 30.3 Å². The lowest BCUT2D eigenvalue weighted by Gasteiger charge is -2.11. The Balaban J connectivity index is 1.76. The van der Waals surface area contributed by atoms with E-state index >= 15 is 0 Å². The molecule has 1 atom stereocenters. The van der Waals surface area contributed by atoms with Crippen molar-refractivity contribution in [1.82, 2.24) is 5.32 Å². The van der Waals surface area contributed by atoms with Crippen LogP contribution in [0.15, 0.2) is 36.4 Å². The summed E-state index contributed by atoms with van der Waals surface area (Å²) in [6, 6.07) is 10.3. The van der Waals surface area contributed by atoms with Gasteiger partial charge < -0.3 is 14.8 Å². The molecule has 0 saturated carbocycles. The highest BCUT2D eigenvalue weighted by Gasteiger charge is 2.21. The van der Waals surface area contributed by atoms with Gasteiger partial charge in [0.05, 0.1) is 24.4 Å². The first kappa shape index (κ1) is 26.3. The van der Waals surface area contributed by atoms with Gasteiger partial charge in [-0.2, -0.15) is 0 Å². The van der Waals surface area contributed by atoms with Gasteiger partial charge in [-0.05, 0) is 49.7 Å². The maximum atomic E-state index is 12.5. The first-order valence-electron chi connectivity index (χ1n) is 11.1. The van der Waals surface area contributed by atoms with Crippen LogP contribution in [0, 0.1) is 0 Å². The number of benzene rings is 1. The smallest absolute Gasteiger partial charge is 0.306 e. The third-order valence-corrected chi connectivity index (χ3v) is 5.94. The molecule has 1 heterocycles. The van der Waals surface area contributed by atoms with Gasteiger partial charge >= 0.3 is 5.97 Å². The fourth-order valence-corrected chi connectivity index (χ4v) is 3.93. The number of carbonyl (C=O) groups excluding carboxylic acids is 4. The van der Waals surface area contributed by atoms with Crippen molar-refractivity contribution >= 4 is 34.8 Å². The van der Waals surface area contributed by atoms with Gasteiger partial charge in [0, 0.05) is 23.8 Å². The second-order valence-corrected chi connectivity index (χ2v) is 8.84. The highest BCUT2D eigenvalue weighted by atomic mass is 32.1. The van der Waals surface area contributed by atoms with Crippen molar-refractivity contribution in [3.05, 3.63) is 51.7 Å². The molecule has 0 spiro atoms. The molecule has 0 bridgehead atoms. The molecule has 0 fully saturated rings. The summed E-state index contributed by atoms with van der Waals surface area (Å²) >= 11 is 1.24. The molecule has 2 aromatic rings. The Morgan fingerprint density at radius 1 is 1.00 bits per heavy atom. The summed E-state index contributed by atoms with van der Waals surface area (Å²) in [4.78, 5) is 49.3. The van der Waals surface area contributed by atoms with E-state index in [4.69, 9.17) is 9.47 Å². The van der Waals surface area contributed by atoms with E-state index in [9.17, 15) is 19.2 Å². The molecule has 0 aliphatic carbocycles. The summed E-state index contributed by atoms with van der Waals surface area (Å²) in [6.45, 7) is 6.05. The minimum absolute atomic E-state index is 0.00366. The van der Waals surface area contributed by atoms with Gasteiger partial charge in [-0.25, -0.2) is 0 Å². The molecule has 33 heavy (non-hydrogen) atoms. The van der Waals surface area contributed by atoms with Gasteiger partial charge in [0.1, 0.15) is 5.75 Å². The zero-order chi connectivity index (χ0) is 24.2. The van der Waals surface area contributed by atoms with Crippen LogP contribution in [0.5, 0.6) is 5.75 Å². The lowest BCUT2D eigenvalue weighted by atomic mass is 10.1. The fourth-order valence-electron chi connectivity index (χ4n) is 2.97. The van der Waals surface area contributed by atoms with Gasteiger partial charge in [0.2, 0.25) is 11.7 Å². The maximum absolute atomic E-state index is 12.5. The molecule has 0 saturated heterocycles. The Kier molecular flexibility index (Phi) is 10.8. The Labute approximate surface area is 198 Å². The van der Waals surface area contributed by atoms with Crippen molar-refractivity contribution < 1.29 is 28.7 Å². The number of rotatable bonds is 14. The summed E-state index contributed by atoms with van der Waals surface area (Å²) in [5, 5.41) is 2.67. The van der Waals surface area contributed by atoms with Crippen LogP contribution in [0.3, 0.4) is 0 Å². The number of amides is 1. The average Bonchev–Trinajstić information content (AvgIpc) is 3.28. The van der Waals surface area contributed by atoms with Crippen molar-refractivity contribution in [1.29, 1.82) is 0 Å². The number of esters is 1. The molecule has 0 radical (unpaired) electrons. The van der Waals surface area contributed by atoms with Gasteiger partial charge in [-0.3, -0.25) is 19.2 Å². The summed E-state index contributed by atoms with van der Waals surface area (Å²) in [5.74, 6) is -0.536. The number of ether oxygens (including phenoxy) is 2. The standard InChI is InChI=1S/C25H31NO6S/c1-4-5-6-15-31-20-9-7-19(8-10-20)22(28)12-14-24(29)32-17(2)25(30)23-13-11-21(33-23)16-26-18(3)27/h7-11,13,17H,4-6,12,14-16H2,1-3H3,(H,26,27). The predicted octanol–water partition coefficient (Wildman–Crippen LogP) is 4.73. The maximum Gasteiger partial charge on any atom is 0.306 e. The van der Waals surface area contributed by atoms with Crippen molar-refractivity contribution in [2.24, 2.45) is 0 Å². The molecule has 1 N–H and O–H groups in total. The average molecular weight is 474 g/mol. The quantitative estimate of drug-likeness (QED) is 0.242. The topological polar surface area (TPSA) is 98.8 Å². The lowest BCUT2D eigenvalue weighted by Crippen LogP contribution is -2.24. The number of unbranched alkanes of at least 4 members (excludes halogenated alkanes) is 2. The lowest BCUT2D eigenvalue weighted by molar-refractivity contribution is -0.146. The van der Waals surface area contributed by atoms with Crippen LogP contribution in [-0.4, -0.2) is 36.2 Å². The number of hydrogen-bond donors (Lipinski definition) is 1. The molecule has 1 aromatic heterocycles. The van der Waals surface area contributed by atoms with E-state index in [1.807, 2.05) is 0 Å². The predicted molar refractivity (Wildman–Crippen MR) is 127 cm³/mol. The highest BCUT2D eigenvalue weighted by Crippen LogP contribution is 2.20. The van der Waals surface area contributed by atoms with E-state index in [1.165, 1.54) is 25.2 Å². The van der Waals surface area contributed by atoms with E-state index < -0.39 is 12.1 Å². The summed E-state index contributed by atoms with van der Waals surface area (Å²) in [5.41, 5.74) is 0.498. The normalized spacial score (nSPS) is 11.5. The number of nitrogens with one attached hydrogen (secondary N) is 1. The van der Waals surface area contributed by atoms with Gasteiger partial charge in [0.25, 0.3) is 0 Å². The number of Topliss-reactive ketones (excluding diaryl/α,β-unsaturated/α-hetero) is 2. The molecule has 0 aliphatic heterocycles. The first-order valence-corrected chi connectivity index (χ1v) is 11.9. The third-order valence-electron chi connectivity index (χ3n) is 4.84. The van der Waals surface area contributed by atoms with E-state index in [2.05, 4.69) is 12.2 Å². The number of ketones is 2. The summed E-state index contributed by atoms with van der Waals surface area (Å²) < 4.78 is 10.9. The second kappa shape index (κ2) is 13.5. The SMILES string of the molecule is CCCCCOc1ccc(C(=O)CCC(=O)OC(C)C(=O)c2ccc(CNC(C)=O)s2)cc1. The van der Waals surface area contributed by atoms with Crippen molar-refractivity contribution in [3.63, 3.8) is 0 Å². The minimum Gasteiger partial charge on any atom is -0.494 e. The first-order chi connectivity index (χ1) is 15.8. The minimum atomic E-state index is -0.955. The molecular weight excluding hydrogens is 442 g/mol. The van der Waals surface area contributed by atoms with Crippen molar-refractivity contribution in [3.8, 4) is 5.75 Å². The van der Waals surface area contributed by atoms with Gasteiger partial charge in [0.15, 0.2) is 11.9 Å². The Morgan fingerprint density at radius 2 is 1.73 bits per heavy atom. The van der Waals surface area contributed by atoms with Crippen LogP contribution < -0.4 is 10.1 Å². The van der Waals surface area contributed by atoms with E-state index in [0.717, 1.165) is 24.1 Å². The third kappa shape index (κ3) is 9.18. The molecule has 1 aromatic carbocycles. The largest absolute Gasteiger partial charge is 0.494 e. The monoisotopic (exact) mass is 473 g/mol. The zero-order valence-corrected chi connectivity index (χ0v) is 20.2. The van der Waals surface area contributed by atoms with E-state index in [0.29, 0.717) is 29.3 Å². The van der Waals surface area contributed by atoms with Crippen LogP contribution >= 0.6 is 11.3 Å². The Hall–Kier alpha value is -3.00. The molecule has 7 nitrogen and oxygen atoms in total. The highest BCUT2D eigenvalue weighted by molar-refractivity contribution is 7.14. The number of carbonyl (C=O) groups is 4. The second-order valence-electron chi connectivity index (χ2n) is 7.68. The fraction of sp³-hybridized carbons (Fsp3) is 0.440. The van der Waals surface area contributed by atoms with Crippen LogP contribution in [0.2, 0.25) is 0 Å². The molecule has 1 unspecified atom stereocenters. The molecule has 2 rings (SSSR count). The van der Waals surface area contributed by atoms with Crippen LogP contribution in [0.4, 0.5) is 0 Å². The van der Waals surface area contributed by atoms with E-state index in [1.54, 1.807) is 36.4 Å². The molecular formula is C25H31NO6S. The van der Waals surface area contributed by atoms with Gasteiger partial charge in [-0.15, -0.1) is 11.3 Å². The molecule has 178 valence electrons. The number of thiophene rings is 1. The number of hydrogen-bond acceptors (Lipinski definition) is 7. The Morgan fingerprint density at radius 3 is 2.39 bits per heavy atom. The van der Waals surface area contributed by atoms with Crippen molar-refractivity contribution in [2.45, 2.75) is 65.5 Å². The summed E-state index contributed by atoms with van der Waals surface area (Å²) in [7, 11) is 0. The summed E-state index contributed by atoms with van der Waals surface area (Å²) in [6.07, 6.45) is 2.17. The van der Waals surface area contributed by atoms with Crippen LogP contribution in [0.25, 0.3) is 0 Å². The Bertz CT molecular complexity index is 950. The molecule has 1 amide bonds. The zero-order valence-electron chi connectivity index (χ0n) is 19.3. The molecule has 0 aliphatic rings.